The molecule has 1 N–H and O–H groups in total. The van der Waals surface area contributed by atoms with Crippen LogP contribution < -0.4 is 5.32 Å². The predicted octanol–water partition coefficient (Wildman–Crippen LogP) is 2.07. The summed E-state index contributed by atoms with van der Waals surface area (Å²) >= 11 is 1.29. The maximum Gasteiger partial charge on any atom is 0.279 e. The van der Waals surface area contributed by atoms with E-state index in [0.29, 0.717) is 18.1 Å². The van der Waals surface area contributed by atoms with Gasteiger partial charge in [0.1, 0.15) is 0 Å². The van der Waals surface area contributed by atoms with Crippen molar-refractivity contribution in [1.82, 2.24) is 24.3 Å². The molecule has 3 heterocycles. The minimum atomic E-state index is -3.32. The molecule has 0 atom stereocenters. The van der Waals surface area contributed by atoms with Crippen molar-refractivity contribution in [2.75, 3.05) is 11.9 Å². The van der Waals surface area contributed by atoms with Crippen molar-refractivity contribution in [2.45, 2.75) is 32.1 Å². The van der Waals surface area contributed by atoms with E-state index in [2.05, 4.69) is 20.5 Å². The number of sulfonamides is 1. The van der Waals surface area contributed by atoms with E-state index in [0.717, 1.165) is 16.3 Å². The van der Waals surface area contributed by atoms with E-state index < -0.39 is 21.2 Å². The number of thiazole rings is 1. The number of aromatic nitrogens is 4. The second kappa shape index (κ2) is 7.65. The van der Waals surface area contributed by atoms with Crippen molar-refractivity contribution in [3.05, 3.63) is 52.8 Å². The largest absolute Gasteiger partial charge is 0.296 e. The van der Waals surface area contributed by atoms with Crippen LogP contribution in [-0.4, -0.2) is 50.4 Å². The number of amides is 1. The van der Waals surface area contributed by atoms with Gasteiger partial charge in [0.25, 0.3) is 5.91 Å². The quantitative estimate of drug-likeness (QED) is 0.661. The third-order valence-corrected chi connectivity index (χ3v) is 7.80. The first-order valence-corrected chi connectivity index (χ1v) is 11.4. The van der Waals surface area contributed by atoms with Gasteiger partial charge in [0, 0.05) is 24.4 Å². The molecule has 1 aliphatic heterocycles. The highest BCUT2D eigenvalue weighted by Gasteiger charge is 2.31. The smallest absolute Gasteiger partial charge is 0.279 e. The third-order valence-electron chi connectivity index (χ3n) is 4.58. The Labute approximate surface area is 172 Å². The molecule has 0 radical (unpaired) electrons. The van der Waals surface area contributed by atoms with Gasteiger partial charge < -0.3 is 0 Å². The standard InChI is InChI=1S/C18H20N6O3S2/c1-12(2)29(26,27)23-9-8-14-16(11-23)28-18(20-14)21-17(25)15-10-19-24(22-15)13-6-4-3-5-7-13/h3-7,10,12H,8-9,11H2,1-2H3,(H,20,21,25). The normalized spacial score (nSPS) is 14.7. The lowest BCUT2D eigenvalue weighted by Gasteiger charge is -2.26. The summed E-state index contributed by atoms with van der Waals surface area (Å²) in [6.45, 7) is 4.03. The number of carbonyl (C=O) groups excluding carboxylic acids is 1. The Bertz CT molecular complexity index is 1140. The lowest BCUT2D eigenvalue weighted by molar-refractivity contribution is 0.102. The number of rotatable bonds is 5. The highest BCUT2D eigenvalue weighted by atomic mass is 32.2. The molecular formula is C18H20N6O3S2. The topological polar surface area (TPSA) is 110 Å². The second-order valence-electron chi connectivity index (χ2n) is 6.88. The lowest BCUT2D eigenvalue weighted by atomic mass is 10.2. The zero-order valence-electron chi connectivity index (χ0n) is 15.9. The molecule has 152 valence electrons. The molecule has 0 aliphatic carbocycles. The van der Waals surface area contributed by atoms with Crippen LogP contribution in [-0.2, 0) is 23.0 Å². The number of hydrogen-bond acceptors (Lipinski definition) is 7. The monoisotopic (exact) mass is 432 g/mol. The first-order chi connectivity index (χ1) is 13.8. The Kier molecular flexibility index (Phi) is 5.19. The Balaban J connectivity index is 1.47. The second-order valence-corrected chi connectivity index (χ2v) is 10.4. The molecular weight excluding hydrogens is 412 g/mol. The van der Waals surface area contributed by atoms with Crippen molar-refractivity contribution in [1.29, 1.82) is 0 Å². The maximum absolute atomic E-state index is 12.5. The minimum absolute atomic E-state index is 0.172. The maximum atomic E-state index is 12.5. The van der Waals surface area contributed by atoms with Crippen LogP contribution in [0.15, 0.2) is 36.5 Å². The van der Waals surface area contributed by atoms with E-state index in [1.807, 2.05) is 30.3 Å². The molecule has 0 bridgehead atoms. The summed E-state index contributed by atoms with van der Waals surface area (Å²) in [4.78, 5) is 19.2. The van der Waals surface area contributed by atoms with Crippen LogP contribution in [0.1, 0.15) is 34.9 Å². The number of hydrogen-bond donors (Lipinski definition) is 1. The van der Waals surface area contributed by atoms with Crippen LogP contribution in [0.4, 0.5) is 5.13 Å². The van der Waals surface area contributed by atoms with Crippen molar-refractivity contribution in [3.8, 4) is 5.69 Å². The number of fused-ring (bicyclic) bond motifs is 1. The van der Waals surface area contributed by atoms with E-state index in [1.165, 1.54) is 26.6 Å². The average molecular weight is 433 g/mol. The summed E-state index contributed by atoms with van der Waals surface area (Å²) in [7, 11) is -3.32. The molecule has 29 heavy (non-hydrogen) atoms. The number of carbonyl (C=O) groups is 1. The fourth-order valence-electron chi connectivity index (χ4n) is 2.95. The molecule has 0 fully saturated rings. The summed E-state index contributed by atoms with van der Waals surface area (Å²) in [5.41, 5.74) is 1.75. The number of para-hydroxylation sites is 1. The van der Waals surface area contributed by atoms with Gasteiger partial charge >= 0.3 is 0 Å². The summed E-state index contributed by atoms with van der Waals surface area (Å²) in [6, 6.07) is 9.29. The van der Waals surface area contributed by atoms with Crippen LogP contribution in [0.2, 0.25) is 0 Å². The zero-order chi connectivity index (χ0) is 20.6. The first-order valence-electron chi connectivity index (χ1n) is 9.11. The summed E-state index contributed by atoms with van der Waals surface area (Å²) in [5.74, 6) is -0.412. The fourth-order valence-corrected chi connectivity index (χ4v) is 5.31. The zero-order valence-corrected chi connectivity index (χ0v) is 17.6. The molecule has 0 saturated carbocycles. The number of nitrogens with zero attached hydrogens (tertiary/aromatic N) is 5. The SMILES string of the molecule is CC(C)S(=O)(=O)N1CCc2nc(NC(=O)c3cnn(-c4ccccc4)n3)sc2C1. The fraction of sp³-hybridized carbons (Fsp3) is 0.333. The number of nitrogens with one attached hydrogen (secondary N) is 1. The van der Waals surface area contributed by atoms with E-state index in [-0.39, 0.29) is 12.2 Å². The highest BCUT2D eigenvalue weighted by Crippen LogP contribution is 2.30. The molecule has 0 saturated heterocycles. The molecule has 11 heteroatoms. The van der Waals surface area contributed by atoms with Gasteiger partial charge in [-0.25, -0.2) is 13.4 Å². The molecule has 1 amide bonds. The van der Waals surface area contributed by atoms with E-state index in [9.17, 15) is 13.2 Å². The van der Waals surface area contributed by atoms with Crippen LogP contribution in [0.25, 0.3) is 5.69 Å². The Morgan fingerprint density at radius 2 is 2.00 bits per heavy atom. The highest BCUT2D eigenvalue weighted by molar-refractivity contribution is 7.89. The summed E-state index contributed by atoms with van der Waals surface area (Å²) in [5, 5.41) is 11.0. The molecule has 1 aromatic carbocycles. The van der Waals surface area contributed by atoms with Gasteiger partial charge in [0.2, 0.25) is 10.0 Å². The predicted molar refractivity (Wildman–Crippen MR) is 110 cm³/mol. The van der Waals surface area contributed by atoms with Gasteiger partial charge in [-0.05, 0) is 26.0 Å². The van der Waals surface area contributed by atoms with Crippen molar-refractivity contribution in [2.24, 2.45) is 0 Å². The Morgan fingerprint density at radius 3 is 2.72 bits per heavy atom. The Hall–Kier alpha value is -2.63. The van der Waals surface area contributed by atoms with E-state index in [1.54, 1.807) is 13.8 Å². The molecule has 9 nitrogen and oxygen atoms in total. The molecule has 0 unspecified atom stereocenters. The third kappa shape index (κ3) is 3.93. The van der Waals surface area contributed by atoms with Crippen LogP contribution in [0.5, 0.6) is 0 Å². The van der Waals surface area contributed by atoms with E-state index in [4.69, 9.17) is 0 Å². The van der Waals surface area contributed by atoms with Gasteiger partial charge in [-0.1, -0.05) is 18.2 Å². The van der Waals surface area contributed by atoms with Crippen molar-refractivity contribution < 1.29 is 13.2 Å². The van der Waals surface area contributed by atoms with Gasteiger partial charge in [-0.3, -0.25) is 10.1 Å². The van der Waals surface area contributed by atoms with Crippen molar-refractivity contribution >= 4 is 32.4 Å². The van der Waals surface area contributed by atoms with Crippen molar-refractivity contribution in [3.63, 3.8) is 0 Å². The Morgan fingerprint density at radius 1 is 1.24 bits per heavy atom. The van der Waals surface area contributed by atoms with Crippen LogP contribution in [0, 0.1) is 0 Å². The minimum Gasteiger partial charge on any atom is -0.296 e. The van der Waals surface area contributed by atoms with Crippen LogP contribution in [0.3, 0.4) is 0 Å². The number of benzene rings is 1. The average Bonchev–Trinajstić information content (AvgIpc) is 3.34. The van der Waals surface area contributed by atoms with Crippen LogP contribution >= 0.6 is 11.3 Å². The first kappa shape index (κ1) is 19.7. The van der Waals surface area contributed by atoms with Gasteiger partial charge in [-0.2, -0.15) is 14.2 Å². The molecule has 0 spiro atoms. The molecule has 2 aromatic heterocycles. The lowest BCUT2D eigenvalue weighted by Crippen LogP contribution is -2.39. The van der Waals surface area contributed by atoms with E-state index >= 15 is 0 Å². The summed E-state index contributed by atoms with van der Waals surface area (Å²) < 4.78 is 26.3. The van der Waals surface area contributed by atoms with Gasteiger partial charge in [0.15, 0.2) is 10.8 Å². The molecule has 1 aliphatic rings. The number of anilines is 1. The molecule has 3 aromatic rings. The van der Waals surface area contributed by atoms with Gasteiger partial charge in [0.05, 0.1) is 22.8 Å². The summed E-state index contributed by atoms with van der Waals surface area (Å²) in [6.07, 6.45) is 1.92. The molecule has 4 rings (SSSR count). The van der Waals surface area contributed by atoms with Gasteiger partial charge in [-0.15, -0.1) is 16.4 Å².